The smallest absolute Gasteiger partial charge is 0.162 e. The SMILES string of the molecule is COc1ccc(Nc2c(-c3ccc(C)o3)nc3cnccn23)cc1OC. The first kappa shape index (κ1) is 16.0. The molecule has 0 aliphatic heterocycles. The van der Waals surface area contributed by atoms with Gasteiger partial charge in [-0.1, -0.05) is 0 Å². The molecule has 3 aromatic heterocycles. The molecule has 0 amide bonds. The summed E-state index contributed by atoms with van der Waals surface area (Å²) in [4.78, 5) is 8.80. The van der Waals surface area contributed by atoms with Gasteiger partial charge >= 0.3 is 0 Å². The van der Waals surface area contributed by atoms with E-state index in [0.717, 1.165) is 22.9 Å². The molecule has 0 radical (unpaired) electrons. The summed E-state index contributed by atoms with van der Waals surface area (Å²) in [6.45, 7) is 1.91. The molecule has 0 atom stereocenters. The van der Waals surface area contributed by atoms with Gasteiger partial charge in [0.05, 0.1) is 20.4 Å². The molecule has 132 valence electrons. The van der Waals surface area contributed by atoms with Crippen LogP contribution in [0.5, 0.6) is 11.5 Å². The van der Waals surface area contributed by atoms with Gasteiger partial charge in [-0.2, -0.15) is 0 Å². The van der Waals surface area contributed by atoms with E-state index in [-0.39, 0.29) is 0 Å². The van der Waals surface area contributed by atoms with Gasteiger partial charge in [0.1, 0.15) is 17.3 Å². The van der Waals surface area contributed by atoms with Crippen molar-refractivity contribution in [3.05, 3.63) is 54.7 Å². The van der Waals surface area contributed by atoms with E-state index in [1.807, 2.05) is 47.9 Å². The molecule has 0 bridgehead atoms. The number of hydrogen-bond acceptors (Lipinski definition) is 6. The number of nitrogens with one attached hydrogen (secondary N) is 1. The van der Waals surface area contributed by atoms with Gasteiger partial charge in [0, 0.05) is 24.1 Å². The third-order valence-corrected chi connectivity index (χ3v) is 4.05. The lowest BCUT2D eigenvalue weighted by atomic mass is 10.2. The summed E-state index contributed by atoms with van der Waals surface area (Å²) in [6.07, 6.45) is 5.27. The van der Waals surface area contributed by atoms with E-state index in [4.69, 9.17) is 13.9 Å². The fourth-order valence-electron chi connectivity index (χ4n) is 2.81. The van der Waals surface area contributed by atoms with E-state index < -0.39 is 0 Å². The van der Waals surface area contributed by atoms with E-state index in [1.54, 1.807) is 26.6 Å². The minimum absolute atomic E-state index is 0.642. The highest BCUT2D eigenvalue weighted by molar-refractivity contribution is 5.77. The Kier molecular flexibility index (Phi) is 3.96. The highest BCUT2D eigenvalue weighted by Crippen LogP contribution is 2.35. The number of aryl methyl sites for hydroxylation is 1. The van der Waals surface area contributed by atoms with E-state index in [1.165, 1.54) is 0 Å². The Labute approximate surface area is 150 Å². The number of methoxy groups -OCH3 is 2. The largest absolute Gasteiger partial charge is 0.493 e. The lowest BCUT2D eigenvalue weighted by Gasteiger charge is -2.12. The van der Waals surface area contributed by atoms with Crippen LogP contribution >= 0.6 is 0 Å². The van der Waals surface area contributed by atoms with E-state index >= 15 is 0 Å². The summed E-state index contributed by atoms with van der Waals surface area (Å²) in [5.74, 6) is 3.61. The number of imidazole rings is 1. The van der Waals surface area contributed by atoms with Crippen molar-refractivity contribution in [3.63, 3.8) is 0 Å². The summed E-state index contributed by atoms with van der Waals surface area (Å²) in [7, 11) is 3.22. The van der Waals surface area contributed by atoms with Crippen molar-refractivity contribution in [1.82, 2.24) is 14.4 Å². The molecule has 4 rings (SSSR count). The maximum Gasteiger partial charge on any atom is 0.162 e. The molecule has 0 aliphatic carbocycles. The number of hydrogen-bond donors (Lipinski definition) is 1. The first-order chi connectivity index (χ1) is 12.7. The lowest BCUT2D eigenvalue weighted by Crippen LogP contribution is -1.98. The van der Waals surface area contributed by atoms with Gasteiger partial charge in [-0.3, -0.25) is 9.38 Å². The van der Waals surface area contributed by atoms with Crippen LogP contribution in [0.25, 0.3) is 17.1 Å². The highest BCUT2D eigenvalue weighted by atomic mass is 16.5. The van der Waals surface area contributed by atoms with Crippen molar-refractivity contribution >= 4 is 17.2 Å². The number of ether oxygens (including phenoxy) is 2. The second-order valence-corrected chi connectivity index (χ2v) is 5.72. The zero-order chi connectivity index (χ0) is 18.1. The zero-order valence-electron chi connectivity index (χ0n) is 14.7. The fourth-order valence-corrected chi connectivity index (χ4v) is 2.81. The van der Waals surface area contributed by atoms with Crippen LogP contribution in [-0.2, 0) is 0 Å². The first-order valence-corrected chi connectivity index (χ1v) is 8.07. The number of fused-ring (bicyclic) bond motifs is 1. The van der Waals surface area contributed by atoms with Crippen LogP contribution in [0.15, 0.2) is 53.3 Å². The van der Waals surface area contributed by atoms with Crippen LogP contribution in [0, 0.1) is 6.92 Å². The number of anilines is 2. The second-order valence-electron chi connectivity index (χ2n) is 5.72. The van der Waals surface area contributed by atoms with Gasteiger partial charge in [0.2, 0.25) is 0 Å². The molecule has 0 saturated carbocycles. The molecule has 0 aliphatic rings. The van der Waals surface area contributed by atoms with Gasteiger partial charge < -0.3 is 19.2 Å². The van der Waals surface area contributed by atoms with Crippen molar-refractivity contribution < 1.29 is 13.9 Å². The number of rotatable bonds is 5. The molecule has 1 N–H and O–H groups in total. The summed E-state index contributed by atoms with van der Waals surface area (Å²) < 4.78 is 18.4. The highest BCUT2D eigenvalue weighted by Gasteiger charge is 2.17. The van der Waals surface area contributed by atoms with Crippen molar-refractivity contribution in [2.45, 2.75) is 6.92 Å². The minimum atomic E-state index is 0.642. The van der Waals surface area contributed by atoms with Crippen LogP contribution in [-0.4, -0.2) is 28.6 Å². The number of nitrogens with zero attached hydrogens (tertiary/aromatic N) is 3. The fraction of sp³-hybridized carbons (Fsp3) is 0.158. The van der Waals surface area contributed by atoms with Crippen molar-refractivity contribution in [2.75, 3.05) is 19.5 Å². The molecule has 7 nitrogen and oxygen atoms in total. The standard InChI is InChI=1S/C19H18N4O3/c1-12-4-6-15(26-12)18-19(23-9-8-20-11-17(23)22-18)21-13-5-7-14(24-2)16(10-13)25-3/h4-11,21H,1-3H3. The van der Waals surface area contributed by atoms with Gasteiger partial charge in [-0.05, 0) is 31.2 Å². The normalized spacial score (nSPS) is 10.9. The van der Waals surface area contributed by atoms with Crippen molar-refractivity contribution in [3.8, 4) is 23.0 Å². The van der Waals surface area contributed by atoms with Crippen molar-refractivity contribution in [1.29, 1.82) is 0 Å². The van der Waals surface area contributed by atoms with E-state index in [9.17, 15) is 0 Å². The molecule has 3 heterocycles. The van der Waals surface area contributed by atoms with Crippen LogP contribution in [0.1, 0.15) is 5.76 Å². The summed E-state index contributed by atoms with van der Waals surface area (Å²) >= 11 is 0. The van der Waals surface area contributed by atoms with Gasteiger partial charge in [-0.15, -0.1) is 0 Å². The molecule has 0 saturated heterocycles. The summed E-state index contributed by atoms with van der Waals surface area (Å²) in [6, 6.07) is 9.46. The first-order valence-electron chi connectivity index (χ1n) is 8.07. The van der Waals surface area contributed by atoms with Crippen LogP contribution in [0.4, 0.5) is 11.5 Å². The molecule has 0 spiro atoms. The Bertz CT molecular complexity index is 1070. The molecule has 0 fully saturated rings. The predicted octanol–water partition coefficient (Wildman–Crippen LogP) is 4.06. The average Bonchev–Trinajstić information content (AvgIpc) is 3.25. The molecule has 0 unspecified atom stereocenters. The predicted molar refractivity (Wildman–Crippen MR) is 98.3 cm³/mol. The number of furan rings is 1. The molecule has 4 aromatic rings. The van der Waals surface area contributed by atoms with Crippen molar-refractivity contribution in [2.24, 2.45) is 0 Å². The quantitative estimate of drug-likeness (QED) is 0.585. The van der Waals surface area contributed by atoms with Crippen LogP contribution in [0.2, 0.25) is 0 Å². The molecule has 7 heteroatoms. The zero-order valence-corrected chi connectivity index (χ0v) is 14.7. The molecule has 1 aromatic carbocycles. The monoisotopic (exact) mass is 350 g/mol. The number of aromatic nitrogens is 3. The Morgan fingerprint density at radius 1 is 1.08 bits per heavy atom. The topological polar surface area (TPSA) is 73.8 Å². The average molecular weight is 350 g/mol. The van der Waals surface area contributed by atoms with Crippen LogP contribution in [0.3, 0.4) is 0 Å². The Hall–Kier alpha value is -3.48. The summed E-state index contributed by atoms with van der Waals surface area (Å²) in [5, 5.41) is 3.41. The minimum Gasteiger partial charge on any atom is -0.493 e. The maximum atomic E-state index is 5.78. The Balaban J connectivity index is 1.83. The van der Waals surface area contributed by atoms with Gasteiger partial charge in [-0.25, -0.2) is 4.98 Å². The molecular formula is C19H18N4O3. The maximum absolute atomic E-state index is 5.78. The molecule has 26 heavy (non-hydrogen) atoms. The Morgan fingerprint density at radius 2 is 1.92 bits per heavy atom. The molecular weight excluding hydrogens is 332 g/mol. The van der Waals surface area contributed by atoms with E-state index in [0.29, 0.717) is 23.0 Å². The third kappa shape index (κ3) is 2.73. The third-order valence-electron chi connectivity index (χ3n) is 4.05. The lowest BCUT2D eigenvalue weighted by molar-refractivity contribution is 0.355. The van der Waals surface area contributed by atoms with Crippen LogP contribution < -0.4 is 14.8 Å². The van der Waals surface area contributed by atoms with Gasteiger partial charge in [0.15, 0.2) is 22.9 Å². The second kappa shape index (κ2) is 6.44. The number of benzene rings is 1. The Morgan fingerprint density at radius 3 is 2.65 bits per heavy atom. The summed E-state index contributed by atoms with van der Waals surface area (Å²) in [5.41, 5.74) is 2.27. The van der Waals surface area contributed by atoms with Gasteiger partial charge in [0.25, 0.3) is 0 Å². The van der Waals surface area contributed by atoms with E-state index in [2.05, 4.69) is 15.3 Å².